The molecule has 0 saturated carbocycles. The van der Waals surface area contributed by atoms with Crippen molar-refractivity contribution in [3.63, 3.8) is 0 Å². The van der Waals surface area contributed by atoms with E-state index in [1.165, 1.54) is 0 Å². The lowest BCUT2D eigenvalue weighted by atomic mass is 10.2. The Bertz CT molecular complexity index is 833. The molecule has 0 aliphatic rings. The molecule has 21 heavy (non-hydrogen) atoms. The van der Waals surface area contributed by atoms with Gasteiger partial charge >= 0.3 is 0 Å². The number of pyridine rings is 1. The summed E-state index contributed by atoms with van der Waals surface area (Å²) in [6.07, 6.45) is 0. The molecule has 0 aliphatic heterocycles. The fourth-order valence-corrected chi connectivity index (χ4v) is 2.41. The number of nitrogens with two attached hydrogens (primary N) is 1. The number of nitrogen functional groups attached to an aromatic ring is 1. The van der Waals surface area contributed by atoms with Crippen molar-refractivity contribution in [3.8, 4) is 0 Å². The summed E-state index contributed by atoms with van der Waals surface area (Å²) in [5.41, 5.74) is 8.08. The second-order valence-electron chi connectivity index (χ2n) is 4.57. The van der Waals surface area contributed by atoms with Crippen LogP contribution in [0.4, 0.5) is 11.4 Å². The zero-order chi connectivity index (χ0) is 14.8. The van der Waals surface area contributed by atoms with Gasteiger partial charge in [0.25, 0.3) is 5.91 Å². The number of hydrogen-bond donors (Lipinski definition) is 2. The molecule has 0 bridgehead atoms. The summed E-state index contributed by atoms with van der Waals surface area (Å²) < 4.78 is 0.863. The molecule has 4 nitrogen and oxygen atoms in total. The van der Waals surface area contributed by atoms with E-state index in [0.29, 0.717) is 17.1 Å². The Morgan fingerprint density at radius 1 is 1.10 bits per heavy atom. The third-order valence-corrected chi connectivity index (χ3v) is 3.59. The van der Waals surface area contributed by atoms with Gasteiger partial charge < -0.3 is 11.1 Å². The number of benzene rings is 2. The SMILES string of the molecule is Nc1cc(Br)ccc1NC(=O)c1ccc2ccccc2n1. The van der Waals surface area contributed by atoms with E-state index in [1.54, 1.807) is 18.2 Å². The van der Waals surface area contributed by atoms with Gasteiger partial charge in [-0.05, 0) is 30.3 Å². The molecule has 0 fully saturated rings. The molecule has 3 N–H and O–H groups in total. The Kier molecular flexibility index (Phi) is 3.58. The van der Waals surface area contributed by atoms with E-state index >= 15 is 0 Å². The summed E-state index contributed by atoms with van der Waals surface area (Å²) in [5, 5.41) is 3.77. The fourth-order valence-electron chi connectivity index (χ4n) is 2.03. The minimum Gasteiger partial charge on any atom is -0.397 e. The third-order valence-electron chi connectivity index (χ3n) is 3.09. The molecule has 1 heterocycles. The molecule has 0 saturated heterocycles. The molecule has 104 valence electrons. The maximum absolute atomic E-state index is 12.3. The van der Waals surface area contributed by atoms with Crippen molar-refractivity contribution in [2.45, 2.75) is 0 Å². The Hall–Kier alpha value is -2.40. The Labute approximate surface area is 130 Å². The van der Waals surface area contributed by atoms with Crippen LogP contribution >= 0.6 is 15.9 Å². The summed E-state index contributed by atoms with van der Waals surface area (Å²) in [7, 11) is 0. The van der Waals surface area contributed by atoms with Crippen LogP contribution in [0.2, 0.25) is 0 Å². The molecular weight excluding hydrogens is 330 g/mol. The highest BCUT2D eigenvalue weighted by Gasteiger charge is 2.10. The number of rotatable bonds is 2. The number of nitrogens with zero attached hydrogens (tertiary/aromatic N) is 1. The Balaban J connectivity index is 1.89. The van der Waals surface area contributed by atoms with Crippen molar-refractivity contribution in [3.05, 3.63) is 64.8 Å². The minimum absolute atomic E-state index is 0.283. The van der Waals surface area contributed by atoms with Crippen LogP contribution in [0.5, 0.6) is 0 Å². The lowest BCUT2D eigenvalue weighted by molar-refractivity contribution is 0.102. The first-order chi connectivity index (χ1) is 10.1. The van der Waals surface area contributed by atoms with Gasteiger partial charge in [0.15, 0.2) is 0 Å². The number of carbonyl (C=O) groups is 1. The molecule has 3 rings (SSSR count). The van der Waals surface area contributed by atoms with Crippen molar-refractivity contribution >= 4 is 44.1 Å². The van der Waals surface area contributed by atoms with E-state index in [1.807, 2.05) is 36.4 Å². The molecule has 0 atom stereocenters. The van der Waals surface area contributed by atoms with Gasteiger partial charge in [0.05, 0.1) is 16.9 Å². The molecule has 2 aromatic carbocycles. The number of hydrogen-bond acceptors (Lipinski definition) is 3. The summed E-state index contributed by atoms with van der Waals surface area (Å²) >= 11 is 3.33. The van der Waals surface area contributed by atoms with Crippen molar-refractivity contribution in [1.29, 1.82) is 0 Å². The minimum atomic E-state index is -0.283. The van der Waals surface area contributed by atoms with Crippen LogP contribution in [0, 0.1) is 0 Å². The van der Waals surface area contributed by atoms with Crippen LogP contribution in [0.25, 0.3) is 10.9 Å². The van der Waals surface area contributed by atoms with Crippen molar-refractivity contribution in [2.75, 3.05) is 11.1 Å². The maximum atomic E-state index is 12.3. The average Bonchev–Trinajstić information content (AvgIpc) is 2.49. The highest BCUT2D eigenvalue weighted by molar-refractivity contribution is 9.10. The molecule has 1 amide bonds. The topological polar surface area (TPSA) is 68.0 Å². The van der Waals surface area contributed by atoms with Gasteiger partial charge in [-0.3, -0.25) is 4.79 Å². The lowest BCUT2D eigenvalue weighted by Gasteiger charge is -2.08. The fraction of sp³-hybridized carbons (Fsp3) is 0. The smallest absolute Gasteiger partial charge is 0.274 e. The molecule has 0 unspecified atom stereocenters. The Morgan fingerprint density at radius 3 is 2.71 bits per heavy atom. The highest BCUT2D eigenvalue weighted by Crippen LogP contribution is 2.23. The third kappa shape index (κ3) is 2.87. The predicted octanol–water partition coefficient (Wildman–Crippen LogP) is 3.83. The molecule has 1 aromatic heterocycles. The molecule has 3 aromatic rings. The number of aromatic nitrogens is 1. The van der Waals surface area contributed by atoms with Crippen LogP contribution in [0.15, 0.2) is 59.1 Å². The van der Waals surface area contributed by atoms with E-state index in [9.17, 15) is 4.79 Å². The molecule has 0 aliphatic carbocycles. The molecular formula is C16H12BrN3O. The van der Waals surface area contributed by atoms with Crippen molar-refractivity contribution < 1.29 is 4.79 Å². The van der Waals surface area contributed by atoms with Crippen LogP contribution in [-0.4, -0.2) is 10.9 Å². The summed E-state index contributed by atoms with van der Waals surface area (Å²) in [5.74, 6) is -0.283. The predicted molar refractivity (Wildman–Crippen MR) is 88.3 cm³/mol. The van der Waals surface area contributed by atoms with Gasteiger partial charge in [0.1, 0.15) is 5.69 Å². The average molecular weight is 342 g/mol. The van der Waals surface area contributed by atoms with E-state index in [4.69, 9.17) is 5.73 Å². The van der Waals surface area contributed by atoms with E-state index in [0.717, 1.165) is 15.4 Å². The van der Waals surface area contributed by atoms with E-state index in [2.05, 4.69) is 26.2 Å². The molecule has 5 heteroatoms. The van der Waals surface area contributed by atoms with Crippen LogP contribution in [0.3, 0.4) is 0 Å². The van der Waals surface area contributed by atoms with Gasteiger partial charge in [-0.15, -0.1) is 0 Å². The highest BCUT2D eigenvalue weighted by atomic mass is 79.9. The zero-order valence-corrected chi connectivity index (χ0v) is 12.6. The number of fused-ring (bicyclic) bond motifs is 1. The number of amides is 1. The quantitative estimate of drug-likeness (QED) is 0.696. The molecule has 0 spiro atoms. The summed E-state index contributed by atoms with van der Waals surface area (Å²) in [6, 6.07) is 16.5. The van der Waals surface area contributed by atoms with Crippen molar-refractivity contribution in [1.82, 2.24) is 4.98 Å². The first kappa shape index (κ1) is 13.6. The second kappa shape index (κ2) is 5.54. The lowest BCUT2D eigenvalue weighted by Crippen LogP contribution is -2.14. The van der Waals surface area contributed by atoms with E-state index in [-0.39, 0.29) is 5.91 Å². The maximum Gasteiger partial charge on any atom is 0.274 e. The number of carbonyl (C=O) groups excluding carboxylic acids is 1. The van der Waals surface area contributed by atoms with Gasteiger partial charge in [-0.1, -0.05) is 40.2 Å². The van der Waals surface area contributed by atoms with Gasteiger partial charge in [0.2, 0.25) is 0 Å². The van der Waals surface area contributed by atoms with Crippen LogP contribution in [-0.2, 0) is 0 Å². The van der Waals surface area contributed by atoms with Gasteiger partial charge in [-0.25, -0.2) is 4.98 Å². The Morgan fingerprint density at radius 2 is 1.90 bits per heavy atom. The summed E-state index contributed by atoms with van der Waals surface area (Å²) in [4.78, 5) is 16.6. The second-order valence-corrected chi connectivity index (χ2v) is 5.49. The van der Waals surface area contributed by atoms with E-state index < -0.39 is 0 Å². The first-order valence-electron chi connectivity index (χ1n) is 6.36. The largest absolute Gasteiger partial charge is 0.397 e. The number of nitrogens with one attached hydrogen (secondary N) is 1. The number of anilines is 2. The summed E-state index contributed by atoms with van der Waals surface area (Å²) in [6.45, 7) is 0. The molecule has 0 radical (unpaired) electrons. The monoisotopic (exact) mass is 341 g/mol. The number of halogens is 1. The first-order valence-corrected chi connectivity index (χ1v) is 7.15. The zero-order valence-electron chi connectivity index (χ0n) is 11.0. The van der Waals surface area contributed by atoms with Crippen LogP contribution in [0.1, 0.15) is 10.5 Å². The normalized spacial score (nSPS) is 10.5. The number of para-hydroxylation sites is 1. The van der Waals surface area contributed by atoms with Crippen LogP contribution < -0.4 is 11.1 Å². The van der Waals surface area contributed by atoms with Gasteiger partial charge in [-0.2, -0.15) is 0 Å². The van der Waals surface area contributed by atoms with Gasteiger partial charge in [0, 0.05) is 9.86 Å². The standard InChI is InChI=1S/C16H12BrN3O/c17-11-6-8-14(12(18)9-11)20-16(21)15-7-5-10-3-1-2-4-13(10)19-15/h1-9H,18H2,(H,20,21). The van der Waals surface area contributed by atoms with Crippen molar-refractivity contribution in [2.24, 2.45) is 0 Å².